The van der Waals surface area contributed by atoms with Crippen LogP contribution in [0.15, 0.2) is 23.2 Å². The van der Waals surface area contributed by atoms with Gasteiger partial charge in [0.25, 0.3) is 0 Å². The van der Waals surface area contributed by atoms with E-state index in [4.69, 9.17) is 0 Å². The third-order valence-corrected chi connectivity index (χ3v) is 4.92. The molecule has 1 N–H and O–H groups in total. The minimum Gasteiger partial charge on any atom is -0.335 e. The van der Waals surface area contributed by atoms with E-state index in [1.54, 1.807) is 18.7 Å². The zero-order chi connectivity index (χ0) is 14.3. The van der Waals surface area contributed by atoms with E-state index >= 15 is 0 Å². The highest BCUT2D eigenvalue weighted by Gasteiger charge is 2.35. The van der Waals surface area contributed by atoms with Gasteiger partial charge in [0, 0.05) is 10.9 Å². The zero-order valence-corrected chi connectivity index (χ0v) is 11.8. The molecule has 2 aliphatic rings. The van der Waals surface area contributed by atoms with Crippen molar-refractivity contribution in [3.05, 3.63) is 29.3 Å². The van der Waals surface area contributed by atoms with Crippen molar-refractivity contribution >= 4 is 22.6 Å². The zero-order valence-electron chi connectivity index (χ0n) is 11.0. The summed E-state index contributed by atoms with van der Waals surface area (Å²) in [5, 5.41) is 4.29. The normalized spacial score (nSPS) is 22.8. The van der Waals surface area contributed by atoms with Crippen molar-refractivity contribution in [2.45, 2.75) is 31.2 Å². The van der Waals surface area contributed by atoms with Gasteiger partial charge in [-0.3, -0.25) is 4.99 Å². The number of anilines is 1. The SMILES string of the molecule is Cc1ccc(C(F)(F)F)cc1NC1=NCC(C2CC2)S1. The number of aryl methyl sites for hydroxylation is 1. The van der Waals surface area contributed by atoms with Crippen LogP contribution in [-0.4, -0.2) is 17.0 Å². The van der Waals surface area contributed by atoms with E-state index in [0.29, 0.717) is 10.9 Å². The lowest BCUT2D eigenvalue weighted by molar-refractivity contribution is -0.137. The summed E-state index contributed by atoms with van der Waals surface area (Å²) in [5.41, 5.74) is 0.645. The Morgan fingerprint density at radius 2 is 2.05 bits per heavy atom. The van der Waals surface area contributed by atoms with Crippen LogP contribution in [0.25, 0.3) is 0 Å². The molecular weight excluding hydrogens is 285 g/mol. The highest BCUT2D eigenvalue weighted by Crippen LogP contribution is 2.42. The Morgan fingerprint density at radius 3 is 2.70 bits per heavy atom. The minimum atomic E-state index is -4.31. The molecule has 1 fully saturated rings. The summed E-state index contributed by atoms with van der Waals surface area (Å²) in [4.78, 5) is 4.39. The summed E-state index contributed by atoms with van der Waals surface area (Å²) in [7, 11) is 0. The molecule has 0 saturated heterocycles. The fourth-order valence-corrected chi connectivity index (χ4v) is 3.44. The maximum absolute atomic E-state index is 12.7. The Balaban J connectivity index is 1.73. The average molecular weight is 300 g/mol. The van der Waals surface area contributed by atoms with Gasteiger partial charge in [-0.05, 0) is 43.4 Å². The molecule has 0 bridgehead atoms. The fraction of sp³-hybridized carbons (Fsp3) is 0.500. The summed E-state index contributed by atoms with van der Waals surface area (Å²) >= 11 is 1.66. The molecule has 0 amide bonds. The van der Waals surface area contributed by atoms with Gasteiger partial charge in [0.15, 0.2) is 5.17 Å². The summed E-state index contributed by atoms with van der Waals surface area (Å²) in [6, 6.07) is 3.75. The number of rotatable bonds is 2. The number of halogens is 3. The lowest BCUT2D eigenvalue weighted by Crippen LogP contribution is -2.11. The van der Waals surface area contributed by atoms with Crippen LogP contribution in [0.5, 0.6) is 0 Å². The first-order chi connectivity index (χ1) is 9.43. The number of nitrogens with one attached hydrogen (secondary N) is 1. The second-order valence-corrected chi connectivity index (χ2v) is 6.52. The van der Waals surface area contributed by atoms with Crippen LogP contribution in [0.1, 0.15) is 24.0 Å². The summed E-state index contributed by atoms with van der Waals surface area (Å²) in [6.45, 7) is 2.57. The highest BCUT2D eigenvalue weighted by atomic mass is 32.2. The Bertz CT molecular complexity index is 550. The quantitative estimate of drug-likeness (QED) is 0.880. The molecule has 0 spiro atoms. The van der Waals surface area contributed by atoms with Gasteiger partial charge in [0.1, 0.15) is 0 Å². The maximum atomic E-state index is 12.7. The van der Waals surface area contributed by atoms with E-state index in [9.17, 15) is 13.2 Å². The predicted octanol–water partition coefficient (Wildman–Crippen LogP) is 4.31. The van der Waals surface area contributed by atoms with E-state index in [2.05, 4.69) is 10.3 Å². The largest absolute Gasteiger partial charge is 0.416 e. The van der Waals surface area contributed by atoms with Gasteiger partial charge in [-0.15, -0.1) is 0 Å². The van der Waals surface area contributed by atoms with Gasteiger partial charge in [-0.25, -0.2) is 0 Å². The molecule has 6 heteroatoms. The van der Waals surface area contributed by atoms with E-state index in [1.165, 1.54) is 18.9 Å². The monoisotopic (exact) mass is 300 g/mol. The van der Waals surface area contributed by atoms with Crippen LogP contribution in [0, 0.1) is 12.8 Å². The topological polar surface area (TPSA) is 24.4 Å². The van der Waals surface area contributed by atoms with E-state index in [1.807, 2.05) is 0 Å². The lowest BCUT2D eigenvalue weighted by Gasteiger charge is -2.13. The Labute approximate surface area is 119 Å². The Kier molecular flexibility index (Phi) is 3.44. The standard InChI is InChI=1S/C14H15F3N2S/c1-8-2-5-10(14(15,16)17)6-11(8)19-13-18-7-12(20-13)9-3-4-9/h2,5-6,9,12H,3-4,7H2,1H3,(H,18,19). The van der Waals surface area contributed by atoms with Gasteiger partial charge >= 0.3 is 6.18 Å². The van der Waals surface area contributed by atoms with Crippen molar-refractivity contribution in [2.75, 3.05) is 11.9 Å². The molecule has 1 aromatic carbocycles. The van der Waals surface area contributed by atoms with Crippen molar-refractivity contribution in [2.24, 2.45) is 10.9 Å². The number of benzene rings is 1. The maximum Gasteiger partial charge on any atom is 0.416 e. The fourth-order valence-electron chi connectivity index (χ4n) is 2.22. The number of hydrogen-bond donors (Lipinski definition) is 1. The van der Waals surface area contributed by atoms with Crippen LogP contribution in [0.2, 0.25) is 0 Å². The Morgan fingerprint density at radius 1 is 1.30 bits per heavy atom. The molecule has 108 valence electrons. The van der Waals surface area contributed by atoms with Crippen molar-refractivity contribution < 1.29 is 13.2 Å². The molecular formula is C14H15F3N2S. The molecule has 1 aliphatic carbocycles. The molecule has 20 heavy (non-hydrogen) atoms. The molecule has 0 radical (unpaired) electrons. The highest BCUT2D eigenvalue weighted by molar-refractivity contribution is 8.15. The lowest BCUT2D eigenvalue weighted by atomic mass is 10.1. The number of aliphatic imine (C=N–C) groups is 1. The second kappa shape index (κ2) is 4.98. The first kappa shape index (κ1) is 13.8. The smallest absolute Gasteiger partial charge is 0.335 e. The van der Waals surface area contributed by atoms with Gasteiger partial charge < -0.3 is 5.32 Å². The number of hydrogen-bond acceptors (Lipinski definition) is 3. The summed E-state index contributed by atoms with van der Waals surface area (Å²) in [6.07, 6.45) is -1.81. The van der Waals surface area contributed by atoms with Crippen molar-refractivity contribution in [3.8, 4) is 0 Å². The van der Waals surface area contributed by atoms with Gasteiger partial charge in [0.05, 0.1) is 12.1 Å². The predicted molar refractivity (Wildman–Crippen MR) is 76.2 cm³/mol. The van der Waals surface area contributed by atoms with Gasteiger partial charge in [0.2, 0.25) is 0 Å². The van der Waals surface area contributed by atoms with Crippen LogP contribution in [-0.2, 0) is 6.18 Å². The summed E-state index contributed by atoms with van der Waals surface area (Å²) in [5.74, 6) is 0.741. The molecule has 1 aromatic rings. The van der Waals surface area contributed by atoms with E-state index < -0.39 is 11.7 Å². The van der Waals surface area contributed by atoms with Gasteiger partial charge in [-0.2, -0.15) is 13.2 Å². The Hall–Kier alpha value is -1.17. The van der Waals surface area contributed by atoms with Crippen LogP contribution in [0.3, 0.4) is 0 Å². The van der Waals surface area contributed by atoms with Crippen molar-refractivity contribution in [1.29, 1.82) is 0 Å². The molecule has 3 rings (SSSR count). The number of thioether (sulfide) groups is 1. The number of nitrogens with zero attached hydrogens (tertiary/aromatic N) is 1. The van der Waals surface area contributed by atoms with Gasteiger partial charge in [-0.1, -0.05) is 17.8 Å². The molecule has 1 saturated carbocycles. The molecule has 1 heterocycles. The van der Waals surface area contributed by atoms with Crippen LogP contribution < -0.4 is 5.32 Å². The van der Waals surface area contributed by atoms with Crippen LogP contribution >= 0.6 is 11.8 Å². The van der Waals surface area contributed by atoms with Crippen molar-refractivity contribution in [1.82, 2.24) is 0 Å². The molecule has 2 nitrogen and oxygen atoms in total. The van der Waals surface area contributed by atoms with Crippen molar-refractivity contribution in [3.63, 3.8) is 0 Å². The number of amidine groups is 1. The molecule has 1 atom stereocenters. The minimum absolute atomic E-state index is 0.488. The molecule has 1 unspecified atom stereocenters. The third-order valence-electron chi connectivity index (χ3n) is 3.63. The number of alkyl halides is 3. The van der Waals surface area contributed by atoms with Crippen LogP contribution in [0.4, 0.5) is 18.9 Å². The summed E-state index contributed by atoms with van der Waals surface area (Å²) < 4.78 is 38.2. The third kappa shape index (κ3) is 2.95. The molecule has 0 aromatic heterocycles. The van der Waals surface area contributed by atoms with E-state index in [-0.39, 0.29) is 0 Å². The first-order valence-corrected chi connectivity index (χ1v) is 7.47. The second-order valence-electron chi connectivity index (χ2n) is 5.29. The average Bonchev–Trinajstić information content (AvgIpc) is 3.12. The first-order valence-electron chi connectivity index (χ1n) is 6.59. The molecule has 1 aliphatic heterocycles. The van der Waals surface area contributed by atoms with E-state index in [0.717, 1.165) is 35.3 Å².